The number of carbonyl (C=O) groups is 1. The number of esters is 1. The van der Waals surface area contributed by atoms with Crippen molar-refractivity contribution in [1.29, 1.82) is 0 Å². The van der Waals surface area contributed by atoms with Crippen LogP contribution in [-0.2, 0) is 36.3 Å². The van der Waals surface area contributed by atoms with Crippen molar-refractivity contribution >= 4 is 46.5 Å². The van der Waals surface area contributed by atoms with Crippen molar-refractivity contribution in [3.63, 3.8) is 0 Å². The highest BCUT2D eigenvalue weighted by atomic mass is 31.3. The molecule has 0 bridgehead atoms. The minimum Gasteiger partial charge on any atom is -0.456 e. The molecule has 26 heteroatoms. The van der Waals surface area contributed by atoms with E-state index >= 15 is 0 Å². The summed E-state index contributed by atoms with van der Waals surface area (Å²) in [4.78, 5) is 79.1. The van der Waals surface area contributed by atoms with Crippen LogP contribution in [-0.4, -0.2) is 68.9 Å². The van der Waals surface area contributed by atoms with E-state index < -0.39 is 66.1 Å². The maximum absolute atomic E-state index is 13.2. The van der Waals surface area contributed by atoms with Crippen molar-refractivity contribution in [2.24, 2.45) is 5.11 Å². The van der Waals surface area contributed by atoms with Crippen LogP contribution in [0.5, 0.6) is 0 Å². The lowest BCUT2D eigenvalue weighted by Crippen LogP contribution is -2.31. The second kappa shape index (κ2) is 12.8. The quantitative estimate of drug-likeness (QED) is 0.0516. The van der Waals surface area contributed by atoms with E-state index in [9.17, 15) is 33.1 Å². The van der Waals surface area contributed by atoms with Crippen LogP contribution in [0, 0.1) is 0 Å². The monoisotopic (exact) mass is 681 g/mol. The first-order valence-corrected chi connectivity index (χ1v) is 16.4. The summed E-state index contributed by atoms with van der Waals surface area (Å²) in [7, 11) is -17.0. The Morgan fingerprint density at radius 3 is 2.68 bits per heavy atom. The molecule has 0 saturated carbocycles. The fraction of sp³-hybridized carbons (Fsp3) is 0.389. The Kier molecular flexibility index (Phi) is 9.72. The summed E-state index contributed by atoms with van der Waals surface area (Å²) in [5.41, 5.74) is 13.5. The SMILES string of the molecule is CC(N=[N+]=[N-])c1ncccc1C(=O)OC1C[C@H](n2cnc3c(=O)[nH]c(N)nc32)O[C@@H]1COP(=O)(O)OP(=O)(O)OP(=O)(O)O. The lowest BCUT2D eigenvalue weighted by Gasteiger charge is -2.21. The number of phosphoric acid groups is 3. The van der Waals surface area contributed by atoms with E-state index in [2.05, 4.69) is 38.6 Å². The number of aromatic amines is 1. The lowest BCUT2D eigenvalue weighted by molar-refractivity contribution is -0.0490. The van der Waals surface area contributed by atoms with E-state index in [1.54, 1.807) is 0 Å². The normalized spacial score (nSPS) is 22.1. The number of azide groups is 1. The van der Waals surface area contributed by atoms with Crippen molar-refractivity contribution in [3.8, 4) is 0 Å². The van der Waals surface area contributed by atoms with Gasteiger partial charge in [0, 0.05) is 17.5 Å². The summed E-state index contributed by atoms with van der Waals surface area (Å²) in [6.45, 7) is 0.500. The van der Waals surface area contributed by atoms with Crippen LogP contribution >= 0.6 is 23.5 Å². The molecule has 6 atom stereocenters. The second-order valence-electron chi connectivity index (χ2n) is 8.79. The largest absolute Gasteiger partial charge is 0.490 e. The Morgan fingerprint density at radius 2 is 2.00 bits per heavy atom. The number of imidazole rings is 1. The fourth-order valence-corrected chi connectivity index (χ4v) is 7.06. The number of hydrogen-bond donors (Lipinski definition) is 6. The van der Waals surface area contributed by atoms with Gasteiger partial charge in [0.15, 0.2) is 11.2 Å². The average molecular weight is 681 g/mol. The predicted octanol–water partition coefficient (Wildman–Crippen LogP) is 1.32. The van der Waals surface area contributed by atoms with Gasteiger partial charge in [-0.25, -0.2) is 23.5 Å². The van der Waals surface area contributed by atoms with Gasteiger partial charge in [-0.3, -0.25) is 23.9 Å². The predicted molar refractivity (Wildman–Crippen MR) is 142 cm³/mol. The highest BCUT2D eigenvalue weighted by Gasteiger charge is 2.44. The third kappa shape index (κ3) is 8.13. The number of nitrogens with one attached hydrogen (secondary N) is 1. The van der Waals surface area contributed by atoms with Gasteiger partial charge >= 0.3 is 29.4 Å². The molecule has 3 aromatic heterocycles. The Labute approximate surface area is 244 Å². The molecule has 0 aliphatic carbocycles. The average Bonchev–Trinajstić information content (AvgIpc) is 3.49. The van der Waals surface area contributed by atoms with Crippen LogP contribution in [0.3, 0.4) is 0 Å². The molecule has 0 radical (unpaired) electrons. The van der Waals surface area contributed by atoms with Crippen molar-refractivity contribution in [3.05, 3.63) is 56.7 Å². The minimum atomic E-state index is -5.82. The first-order valence-electron chi connectivity index (χ1n) is 11.8. The zero-order valence-electron chi connectivity index (χ0n) is 22.0. The zero-order valence-corrected chi connectivity index (χ0v) is 24.6. The van der Waals surface area contributed by atoms with Gasteiger partial charge in [0.1, 0.15) is 18.4 Å². The maximum Gasteiger partial charge on any atom is 0.490 e. The third-order valence-electron chi connectivity index (χ3n) is 5.70. The molecule has 23 nitrogen and oxygen atoms in total. The number of aromatic nitrogens is 5. The number of carbonyl (C=O) groups excluding carboxylic acids is 1. The molecule has 4 rings (SSSR count). The molecular formula is C18H22N9O14P3. The highest BCUT2D eigenvalue weighted by molar-refractivity contribution is 7.66. The standard InChI is InChI=1S/C18H22N9O14P3/c1-8(25-26-20)13-9(3-2-4-21-13)17(29)39-10-5-12(27-7-22-14-15(27)23-18(19)24-16(14)28)38-11(10)6-37-43(33,34)41-44(35,36)40-42(30,31)32/h2-4,7-8,10-12H,5-6H2,1H3,(H,33,34)(H,35,36)(H2,30,31,32)(H3,19,23,24,28)/t8?,10?,11-,12-/m1/s1. The summed E-state index contributed by atoms with van der Waals surface area (Å²) in [5, 5.41) is 3.52. The first kappa shape index (κ1) is 33.3. The van der Waals surface area contributed by atoms with E-state index in [1.807, 2.05) is 0 Å². The molecule has 1 aliphatic rings. The van der Waals surface area contributed by atoms with Crippen LogP contribution in [0.1, 0.15) is 41.7 Å². The molecule has 44 heavy (non-hydrogen) atoms. The molecule has 3 aromatic rings. The van der Waals surface area contributed by atoms with Crippen LogP contribution in [0.4, 0.5) is 5.95 Å². The Morgan fingerprint density at radius 1 is 1.27 bits per heavy atom. The van der Waals surface area contributed by atoms with Crippen molar-refractivity contribution < 1.29 is 60.7 Å². The second-order valence-corrected chi connectivity index (χ2v) is 13.2. The zero-order chi connectivity index (χ0) is 32.4. The summed E-state index contributed by atoms with van der Waals surface area (Å²) >= 11 is 0. The molecule has 7 N–H and O–H groups in total. The number of nitrogens with two attached hydrogens (primary N) is 1. The van der Waals surface area contributed by atoms with Gasteiger partial charge in [0.05, 0.1) is 30.2 Å². The van der Waals surface area contributed by atoms with Crippen molar-refractivity contribution in [2.45, 2.75) is 37.8 Å². The van der Waals surface area contributed by atoms with Crippen molar-refractivity contribution in [1.82, 2.24) is 24.5 Å². The number of pyridine rings is 1. The smallest absolute Gasteiger partial charge is 0.456 e. The molecule has 1 fully saturated rings. The lowest BCUT2D eigenvalue weighted by atomic mass is 10.1. The van der Waals surface area contributed by atoms with E-state index in [1.165, 1.54) is 36.1 Å². The Hall–Kier alpha value is -3.55. The van der Waals surface area contributed by atoms with Crippen molar-refractivity contribution in [2.75, 3.05) is 12.3 Å². The number of H-pyrrole nitrogens is 1. The highest BCUT2D eigenvalue weighted by Crippen LogP contribution is 2.66. The molecule has 1 saturated heterocycles. The number of anilines is 1. The maximum atomic E-state index is 13.2. The molecule has 0 spiro atoms. The third-order valence-corrected chi connectivity index (χ3v) is 9.50. The summed E-state index contributed by atoms with van der Waals surface area (Å²) < 4.78 is 59.7. The number of nitrogen functional groups attached to an aromatic ring is 1. The number of fused-ring (bicyclic) bond motifs is 1. The van der Waals surface area contributed by atoms with E-state index in [-0.39, 0.29) is 34.8 Å². The van der Waals surface area contributed by atoms with Crippen LogP contribution < -0.4 is 11.3 Å². The first-order chi connectivity index (χ1) is 20.5. The van der Waals surface area contributed by atoms with Gasteiger partial charge in [-0.2, -0.15) is 13.6 Å². The molecule has 0 amide bonds. The molecule has 0 aromatic carbocycles. The molecule has 238 valence electrons. The van der Waals surface area contributed by atoms with E-state index in [4.69, 9.17) is 35.0 Å². The Bertz CT molecular complexity index is 1820. The van der Waals surface area contributed by atoms with Crippen LogP contribution in [0.2, 0.25) is 0 Å². The number of nitrogens with zero attached hydrogens (tertiary/aromatic N) is 7. The number of phosphoric ester groups is 1. The van der Waals surface area contributed by atoms with Gasteiger partial charge in [0.25, 0.3) is 5.56 Å². The molecule has 4 heterocycles. The summed E-state index contributed by atoms with van der Waals surface area (Å²) in [5.74, 6) is -1.24. The number of hydrogen-bond acceptors (Lipinski definition) is 15. The van der Waals surface area contributed by atoms with Gasteiger partial charge in [-0.05, 0) is 17.7 Å². The van der Waals surface area contributed by atoms with E-state index in [0.717, 1.165) is 0 Å². The van der Waals surface area contributed by atoms with Gasteiger partial charge in [0.2, 0.25) is 5.95 Å². The van der Waals surface area contributed by atoms with Gasteiger partial charge in [-0.1, -0.05) is 12.0 Å². The minimum absolute atomic E-state index is 0.0346. The topological polar surface area (TPSA) is 347 Å². The van der Waals surface area contributed by atoms with Crippen LogP contribution in [0.25, 0.3) is 21.6 Å². The Balaban J connectivity index is 1.61. The fourth-order valence-electron chi connectivity index (χ4n) is 4.03. The number of ether oxygens (including phenoxy) is 2. The molecule has 1 aliphatic heterocycles. The van der Waals surface area contributed by atoms with Crippen LogP contribution in [0.15, 0.2) is 34.6 Å². The van der Waals surface area contributed by atoms with Gasteiger partial charge < -0.3 is 34.8 Å². The molecular weight excluding hydrogens is 659 g/mol. The number of rotatable bonds is 12. The molecule has 4 unspecified atom stereocenters. The van der Waals surface area contributed by atoms with E-state index in [0.29, 0.717) is 0 Å². The summed E-state index contributed by atoms with van der Waals surface area (Å²) in [6, 6.07) is 1.86. The summed E-state index contributed by atoms with van der Waals surface area (Å²) in [6.07, 6.45) is -1.55. The van der Waals surface area contributed by atoms with Gasteiger partial charge in [-0.15, -0.1) is 0 Å².